The lowest BCUT2D eigenvalue weighted by molar-refractivity contribution is -0.124. The largest absolute Gasteiger partial charge is 0.482 e. The average molecular weight is 302 g/mol. The van der Waals surface area contributed by atoms with E-state index in [4.69, 9.17) is 26.2 Å². The highest BCUT2D eigenvalue weighted by Gasteiger charge is 2.11. The van der Waals surface area contributed by atoms with Gasteiger partial charge in [0.15, 0.2) is 6.61 Å². The molecule has 0 radical (unpaired) electrons. The molecule has 2 N–H and O–H groups in total. The number of carbonyl (C=O) groups excluding carboxylic acids is 1. The second-order valence-electron chi connectivity index (χ2n) is 4.16. The molecule has 1 amide bonds. The second kappa shape index (κ2) is 7.72. The molecule has 110 valence electrons. The van der Waals surface area contributed by atoms with Gasteiger partial charge in [0.1, 0.15) is 5.75 Å². The maximum Gasteiger partial charge on any atom is 0.335 e. The van der Waals surface area contributed by atoms with Gasteiger partial charge < -0.3 is 19.9 Å². The van der Waals surface area contributed by atoms with Gasteiger partial charge in [0.05, 0.1) is 17.2 Å². The van der Waals surface area contributed by atoms with E-state index in [-0.39, 0.29) is 34.9 Å². The van der Waals surface area contributed by atoms with E-state index in [9.17, 15) is 9.59 Å². The SMILES string of the molecule is COCC(C)NC(=O)COc1ccc(C(=O)O)cc1Cl. The first kappa shape index (κ1) is 16.3. The van der Waals surface area contributed by atoms with E-state index < -0.39 is 5.97 Å². The van der Waals surface area contributed by atoms with Gasteiger partial charge in [0, 0.05) is 13.2 Å². The topological polar surface area (TPSA) is 84.9 Å². The Hall–Kier alpha value is -1.79. The summed E-state index contributed by atoms with van der Waals surface area (Å²) in [6.45, 7) is 2.00. The molecule has 0 spiro atoms. The first-order valence-corrected chi connectivity index (χ1v) is 6.25. The van der Waals surface area contributed by atoms with Crippen LogP contribution in [0.1, 0.15) is 17.3 Å². The molecule has 0 heterocycles. The van der Waals surface area contributed by atoms with Gasteiger partial charge in [-0.05, 0) is 25.1 Å². The number of hydrogen-bond donors (Lipinski definition) is 2. The van der Waals surface area contributed by atoms with E-state index in [0.29, 0.717) is 6.61 Å². The average Bonchev–Trinajstić information content (AvgIpc) is 2.37. The summed E-state index contributed by atoms with van der Waals surface area (Å²) in [5.74, 6) is -1.14. The third kappa shape index (κ3) is 5.07. The fourth-order valence-electron chi connectivity index (χ4n) is 1.50. The molecule has 0 aliphatic carbocycles. The summed E-state index contributed by atoms with van der Waals surface area (Å²) in [7, 11) is 1.54. The van der Waals surface area contributed by atoms with Crippen molar-refractivity contribution >= 4 is 23.5 Å². The lowest BCUT2D eigenvalue weighted by atomic mass is 10.2. The van der Waals surface area contributed by atoms with Gasteiger partial charge in [-0.3, -0.25) is 4.79 Å². The van der Waals surface area contributed by atoms with E-state index in [2.05, 4.69) is 5.32 Å². The van der Waals surface area contributed by atoms with Crippen molar-refractivity contribution in [2.24, 2.45) is 0 Å². The number of amides is 1. The normalized spacial score (nSPS) is 11.8. The monoisotopic (exact) mass is 301 g/mol. The molecule has 1 aromatic rings. The summed E-state index contributed by atoms with van der Waals surface area (Å²) < 4.78 is 10.1. The molecule has 1 aromatic carbocycles. The number of halogens is 1. The van der Waals surface area contributed by atoms with Crippen LogP contribution in [0.25, 0.3) is 0 Å². The molecule has 0 aromatic heterocycles. The third-order valence-electron chi connectivity index (χ3n) is 2.36. The number of hydrogen-bond acceptors (Lipinski definition) is 4. The van der Waals surface area contributed by atoms with Crippen LogP contribution in [0.4, 0.5) is 0 Å². The van der Waals surface area contributed by atoms with Crippen LogP contribution in [0.15, 0.2) is 18.2 Å². The second-order valence-corrected chi connectivity index (χ2v) is 4.57. The van der Waals surface area contributed by atoms with Gasteiger partial charge >= 0.3 is 5.97 Å². The first-order valence-electron chi connectivity index (χ1n) is 5.88. The van der Waals surface area contributed by atoms with E-state index in [1.807, 2.05) is 0 Å². The van der Waals surface area contributed by atoms with E-state index >= 15 is 0 Å². The molecule has 20 heavy (non-hydrogen) atoms. The standard InChI is InChI=1S/C13H16ClNO5/c1-8(6-19-2)15-12(16)7-20-11-4-3-9(13(17)18)5-10(11)14/h3-5,8H,6-7H2,1-2H3,(H,15,16)(H,17,18). The van der Waals surface area contributed by atoms with Crippen molar-refractivity contribution in [3.05, 3.63) is 28.8 Å². The smallest absolute Gasteiger partial charge is 0.335 e. The zero-order valence-electron chi connectivity index (χ0n) is 11.2. The molecule has 1 rings (SSSR count). The minimum Gasteiger partial charge on any atom is -0.482 e. The number of carboxylic acids is 1. The van der Waals surface area contributed by atoms with Gasteiger partial charge in [0.2, 0.25) is 0 Å². The van der Waals surface area contributed by atoms with Gasteiger partial charge in [0.25, 0.3) is 5.91 Å². The molecule has 0 saturated carbocycles. The summed E-state index contributed by atoms with van der Waals surface area (Å²) in [5.41, 5.74) is 0.0560. The molecule has 0 saturated heterocycles. The van der Waals surface area contributed by atoms with E-state index in [0.717, 1.165) is 0 Å². The van der Waals surface area contributed by atoms with E-state index in [1.54, 1.807) is 14.0 Å². The van der Waals surface area contributed by atoms with Crippen LogP contribution in [0, 0.1) is 0 Å². The van der Waals surface area contributed by atoms with Crippen molar-refractivity contribution in [1.82, 2.24) is 5.32 Å². The van der Waals surface area contributed by atoms with Crippen molar-refractivity contribution in [2.75, 3.05) is 20.3 Å². The Morgan fingerprint density at radius 3 is 2.70 bits per heavy atom. The van der Waals surface area contributed by atoms with Crippen LogP contribution in [0.3, 0.4) is 0 Å². The molecule has 7 heteroatoms. The molecule has 0 aliphatic heterocycles. The fourth-order valence-corrected chi connectivity index (χ4v) is 1.74. The quantitative estimate of drug-likeness (QED) is 0.798. The molecule has 0 fully saturated rings. The van der Waals surface area contributed by atoms with Crippen molar-refractivity contribution in [3.8, 4) is 5.75 Å². The molecular formula is C13H16ClNO5. The summed E-state index contributed by atoms with van der Waals surface area (Å²) in [6.07, 6.45) is 0. The molecule has 6 nitrogen and oxygen atoms in total. The van der Waals surface area contributed by atoms with Crippen LogP contribution in [0.5, 0.6) is 5.75 Å². The van der Waals surface area contributed by atoms with Gasteiger partial charge in [-0.25, -0.2) is 4.79 Å². The van der Waals surface area contributed by atoms with Crippen LogP contribution in [-0.4, -0.2) is 43.3 Å². The maximum atomic E-state index is 11.6. The lowest BCUT2D eigenvalue weighted by Gasteiger charge is -2.13. The Labute approximate surface area is 121 Å². The summed E-state index contributed by atoms with van der Waals surface area (Å²) in [6, 6.07) is 3.91. The number of methoxy groups -OCH3 is 1. The Kier molecular flexibility index (Phi) is 6.27. The molecule has 1 atom stereocenters. The first-order chi connectivity index (χ1) is 9.43. The fraction of sp³-hybridized carbons (Fsp3) is 0.385. The molecular weight excluding hydrogens is 286 g/mol. The number of benzene rings is 1. The number of carboxylic acid groups (broad SMARTS) is 1. The third-order valence-corrected chi connectivity index (χ3v) is 2.66. The summed E-state index contributed by atoms with van der Waals surface area (Å²) in [4.78, 5) is 22.3. The maximum absolute atomic E-state index is 11.6. The summed E-state index contributed by atoms with van der Waals surface area (Å²) in [5, 5.41) is 11.6. The van der Waals surface area contributed by atoms with Gasteiger partial charge in [-0.15, -0.1) is 0 Å². The van der Waals surface area contributed by atoms with Crippen LogP contribution < -0.4 is 10.1 Å². The lowest BCUT2D eigenvalue weighted by Crippen LogP contribution is -2.38. The summed E-state index contributed by atoms with van der Waals surface area (Å²) >= 11 is 5.87. The van der Waals surface area contributed by atoms with Crippen molar-refractivity contribution < 1.29 is 24.2 Å². The van der Waals surface area contributed by atoms with E-state index in [1.165, 1.54) is 18.2 Å². The number of aromatic carboxylic acids is 1. The predicted molar refractivity (Wildman–Crippen MR) is 73.4 cm³/mol. The Morgan fingerprint density at radius 2 is 2.15 bits per heavy atom. The highest BCUT2D eigenvalue weighted by molar-refractivity contribution is 6.32. The number of carbonyl (C=O) groups is 2. The Morgan fingerprint density at radius 1 is 1.45 bits per heavy atom. The van der Waals surface area contributed by atoms with Crippen LogP contribution >= 0.6 is 11.6 Å². The zero-order valence-corrected chi connectivity index (χ0v) is 11.9. The highest BCUT2D eigenvalue weighted by Crippen LogP contribution is 2.25. The molecule has 0 aliphatic rings. The van der Waals surface area contributed by atoms with Gasteiger partial charge in [-0.2, -0.15) is 0 Å². The predicted octanol–water partition coefficient (Wildman–Crippen LogP) is 1.57. The number of rotatable bonds is 7. The van der Waals surface area contributed by atoms with Crippen LogP contribution in [-0.2, 0) is 9.53 Å². The molecule has 1 unspecified atom stereocenters. The van der Waals surface area contributed by atoms with Crippen LogP contribution in [0.2, 0.25) is 5.02 Å². The minimum absolute atomic E-state index is 0.0560. The molecule has 0 bridgehead atoms. The number of ether oxygens (including phenoxy) is 2. The Bertz CT molecular complexity index is 492. The zero-order chi connectivity index (χ0) is 15.1. The van der Waals surface area contributed by atoms with Crippen molar-refractivity contribution in [1.29, 1.82) is 0 Å². The highest BCUT2D eigenvalue weighted by atomic mass is 35.5. The Balaban J connectivity index is 2.53. The number of nitrogens with one attached hydrogen (secondary N) is 1. The van der Waals surface area contributed by atoms with Crippen molar-refractivity contribution in [2.45, 2.75) is 13.0 Å². The van der Waals surface area contributed by atoms with Crippen molar-refractivity contribution in [3.63, 3.8) is 0 Å². The minimum atomic E-state index is -1.08. The van der Waals surface area contributed by atoms with Gasteiger partial charge in [-0.1, -0.05) is 11.6 Å².